The van der Waals surface area contributed by atoms with Gasteiger partial charge < -0.3 is 10.2 Å². The SMILES string of the molecule is Oc1ccc2ccc3ccc4ccc5ccc6ccccc6c5c4c3c2c1-c1c(O)ccc2ccc3ccc4ccc5ccc6ccccc6c5c4c3c12. The number of hydrogen-bond donors (Lipinski definition) is 2. The van der Waals surface area contributed by atoms with Crippen LogP contribution in [0, 0.1) is 0 Å². The molecule has 0 saturated carbocycles. The van der Waals surface area contributed by atoms with E-state index in [4.69, 9.17) is 0 Å². The molecule has 0 amide bonds. The van der Waals surface area contributed by atoms with Crippen LogP contribution in [0.4, 0.5) is 0 Å². The summed E-state index contributed by atoms with van der Waals surface area (Å²) in [4.78, 5) is 0. The van der Waals surface area contributed by atoms with Gasteiger partial charge in [-0.05, 0) is 109 Å². The highest BCUT2D eigenvalue weighted by Gasteiger charge is 2.23. The molecule has 0 fully saturated rings. The summed E-state index contributed by atoms with van der Waals surface area (Å²) in [7, 11) is 0. The second-order valence-corrected chi connectivity index (χ2v) is 14.7. The van der Waals surface area contributed by atoms with Crippen molar-refractivity contribution in [2.24, 2.45) is 0 Å². The fourth-order valence-electron chi connectivity index (χ4n) is 9.57. The lowest BCUT2D eigenvalue weighted by Gasteiger charge is -2.20. The molecule has 0 spiro atoms. The number of fused-ring (bicyclic) bond motifs is 18. The first kappa shape index (κ1) is 29.4. The predicted octanol–water partition coefficient (Wildman–Crippen LogP) is 14.3. The van der Waals surface area contributed by atoms with E-state index in [0.29, 0.717) is 11.1 Å². The lowest BCUT2D eigenvalue weighted by Crippen LogP contribution is -1.92. The third kappa shape index (κ3) is 3.89. The van der Waals surface area contributed by atoms with Crippen LogP contribution in [-0.2, 0) is 0 Å². The number of benzene rings is 12. The zero-order valence-corrected chi connectivity index (χ0v) is 29.1. The Bertz CT molecular complexity index is 3360. The van der Waals surface area contributed by atoms with Crippen LogP contribution in [0.2, 0.25) is 0 Å². The van der Waals surface area contributed by atoms with Crippen molar-refractivity contribution in [2.75, 3.05) is 0 Å². The average Bonchev–Trinajstić information content (AvgIpc) is 3.22. The first-order chi connectivity index (χ1) is 26.6. The summed E-state index contributed by atoms with van der Waals surface area (Å²) < 4.78 is 0. The molecule has 12 rings (SSSR count). The monoisotopic (exact) mass is 686 g/mol. The van der Waals surface area contributed by atoms with Crippen LogP contribution in [0.15, 0.2) is 170 Å². The molecule has 2 nitrogen and oxygen atoms in total. The van der Waals surface area contributed by atoms with Crippen molar-refractivity contribution in [1.29, 1.82) is 0 Å². The van der Waals surface area contributed by atoms with Gasteiger partial charge in [0.2, 0.25) is 0 Å². The summed E-state index contributed by atoms with van der Waals surface area (Å²) in [5.41, 5.74) is 1.28. The Labute approximate surface area is 309 Å². The van der Waals surface area contributed by atoms with E-state index in [2.05, 4.69) is 146 Å². The molecule has 0 aromatic heterocycles. The van der Waals surface area contributed by atoms with Gasteiger partial charge in [-0.15, -0.1) is 0 Å². The van der Waals surface area contributed by atoms with Gasteiger partial charge >= 0.3 is 0 Å². The Morgan fingerprint density at radius 3 is 0.796 bits per heavy atom. The first-order valence-electron chi connectivity index (χ1n) is 18.5. The molecular weight excluding hydrogens is 657 g/mol. The highest BCUT2D eigenvalue weighted by atomic mass is 16.3. The summed E-state index contributed by atoms with van der Waals surface area (Å²) in [6.45, 7) is 0. The lowest BCUT2D eigenvalue weighted by atomic mass is 9.84. The Hall–Kier alpha value is -7.16. The summed E-state index contributed by atoms with van der Waals surface area (Å²) in [5.74, 6) is 0.264. The number of phenolic OH excluding ortho intramolecular Hbond substituents is 2. The van der Waals surface area contributed by atoms with Crippen LogP contribution < -0.4 is 0 Å². The zero-order chi connectivity index (χ0) is 35.7. The minimum Gasteiger partial charge on any atom is -0.507 e. The second-order valence-electron chi connectivity index (χ2n) is 14.7. The molecular formula is C52H30O2. The molecule has 0 atom stereocenters. The standard InChI is InChI=1S/C52H30O2/c53-41-27-25-37-23-21-35-19-17-33-15-13-31-11-9-29-5-1-3-7-39(29)43(31)45(33)47(35)49(37)51(41)52-42(54)28-26-38-24-22-36-20-18-34-16-14-32-12-10-30-6-2-4-8-40(30)44(32)46(34)48(36)50(38)52/h1-28,53-54H. The number of rotatable bonds is 1. The molecule has 250 valence electrons. The molecule has 54 heavy (non-hydrogen) atoms. The Morgan fingerprint density at radius 2 is 0.444 bits per heavy atom. The van der Waals surface area contributed by atoms with E-state index in [1.165, 1.54) is 32.3 Å². The topological polar surface area (TPSA) is 40.5 Å². The molecule has 0 saturated heterocycles. The van der Waals surface area contributed by atoms with Crippen molar-refractivity contribution in [3.05, 3.63) is 170 Å². The van der Waals surface area contributed by atoms with Gasteiger partial charge in [0.15, 0.2) is 0 Å². The highest BCUT2D eigenvalue weighted by molar-refractivity contribution is 6.37. The maximum absolute atomic E-state index is 12.2. The smallest absolute Gasteiger partial charge is 0.124 e. The predicted molar refractivity (Wildman–Crippen MR) is 230 cm³/mol. The number of hydrogen-bond acceptors (Lipinski definition) is 2. The molecule has 2 heteroatoms. The molecule has 0 aliphatic rings. The van der Waals surface area contributed by atoms with Crippen LogP contribution in [0.5, 0.6) is 11.5 Å². The van der Waals surface area contributed by atoms with E-state index >= 15 is 0 Å². The average molecular weight is 687 g/mol. The van der Waals surface area contributed by atoms with Crippen LogP contribution >= 0.6 is 0 Å². The largest absolute Gasteiger partial charge is 0.507 e. The van der Waals surface area contributed by atoms with Crippen molar-refractivity contribution in [3.8, 4) is 22.6 Å². The van der Waals surface area contributed by atoms with E-state index in [-0.39, 0.29) is 11.5 Å². The molecule has 12 aromatic carbocycles. The zero-order valence-electron chi connectivity index (χ0n) is 29.1. The molecule has 0 aliphatic heterocycles. The van der Waals surface area contributed by atoms with E-state index in [9.17, 15) is 10.2 Å². The molecule has 0 heterocycles. The molecule has 0 bridgehead atoms. The van der Waals surface area contributed by atoms with Crippen molar-refractivity contribution >= 4 is 108 Å². The fourth-order valence-corrected chi connectivity index (χ4v) is 9.57. The molecule has 0 radical (unpaired) electrons. The summed E-state index contributed by atoms with van der Waals surface area (Å²) in [5, 5.41) is 46.6. The fraction of sp³-hybridized carbons (Fsp3) is 0. The summed E-state index contributed by atoms with van der Waals surface area (Å²) in [6, 6.07) is 59.8. The van der Waals surface area contributed by atoms with Crippen molar-refractivity contribution in [2.45, 2.75) is 0 Å². The summed E-state index contributed by atoms with van der Waals surface area (Å²) in [6.07, 6.45) is 0. The quantitative estimate of drug-likeness (QED) is 0.169. The van der Waals surface area contributed by atoms with Crippen molar-refractivity contribution in [3.63, 3.8) is 0 Å². The lowest BCUT2D eigenvalue weighted by molar-refractivity contribution is 0.470. The van der Waals surface area contributed by atoms with Crippen LogP contribution in [0.3, 0.4) is 0 Å². The minimum atomic E-state index is 0.132. The van der Waals surface area contributed by atoms with Crippen LogP contribution in [0.25, 0.3) is 119 Å². The van der Waals surface area contributed by atoms with E-state index in [1.807, 2.05) is 12.1 Å². The van der Waals surface area contributed by atoms with Gasteiger partial charge in [0.1, 0.15) is 11.5 Å². The maximum Gasteiger partial charge on any atom is 0.124 e. The number of phenols is 2. The Morgan fingerprint density at radius 1 is 0.204 bits per heavy atom. The maximum atomic E-state index is 12.2. The van der Waals surface area contributed by atoms with Gasteiger partial charge in [0.25, 0.3) is 0 Å². The molecule has 12 aromatic rings. The first-order valence-corrected chi connectivity index (χ1v) is 18.5. The third-order valence-electron chi connectivity index (χ3n) is 11.9. The third-order valence-corrected chi connectivity index (χ3v) is 11.9. The van der Waals surface area contributed by atoms with Crippen LogP contribution in [0.1, 0.15) is 0 Å². The van der Waals surface area contributed by atoms with Gasteiger partial charge in [-0.3, -0.25) is 0 Å². The van der Waals surface area contributed by atoms with Crippen molar-refractivity contribution < 1.29 is 10.2 Å². The summed E-state index contributed by atoms with van der Waals surface area (Å²) >= 11 is 0. The van der Waals surface area contributed by atoms with Gasteiger partial charge in [0, 0.05) is 21.9 Å². The number of aromatic hydroxyl groups is 2. The van der Waals surface area contributed by atoms with E-state index < -0.39 is 0 Å². The highest BCUT2D eigenvalue weighted by Crippen LogP contribution is 2.51. The Kier molecular flexibility index (Phi) is 5.83. The molecule has 0 aliphatic carbocycles. The van der Waals surface area contributed by atoms with Gasteiger partial charge in [0.05, 0.1) is 0 Å². The van der Waals surface area contributed by atoms with Gasteiger partial charge in [-0.25, -0.2) is 0 Å². The van der Waals surface area contributed by atoms with Crippen LogP contribution in [-0.4, -0.2) is 10.2 Å². The molecule has 0 unspecified atom stereocenters. The van der Waals surface area contributed by atoms with Gasteiger partial charge in [-0.2, -0.15) is 0 Å². The molecule has 2 N–H and O–H groups in total. The normalized spacial score (nSPS) is 12.2. The van der Waals surface area contributed by atoms with Gasteiger partial charge in [-0.1, -0.05) is 158 Å². The second kappa shape index (κ2) is 10.7. The Balaban J connectivity index is 1.35. The van der Waals surface area contributed by atoms with E-state index in [1.54, 1.807) is 12.1 Å². The minimum absolute atomic E-state index is 0.132. The van der Waals surface area contributed by atoms with Crippen molar-refractivity contribution in [1.82, 2.24) is 0 Å². The van der Waals surface area contributed by atoms with E-state index in [0.717, 1.165) is 75.4 Å².